The second-order valence-corrected chi connectivity index (χ2v) is 9.78. The number of pyridine rings is 1. The molecule has 0 saturated carbocycles. The Labute approximate surface area is 228 Å². The molecule has 39 heavy (non-hydrogen) atoms. The molecule has 5 aromatic rings. The average molecular weight is 541 g/mol. The number of carbonyl (C=O) groups excluding carboxylic acids is 2. The van der Waals surface area contributed by atoms with Gasteiger partial charge in [0.05, 0.1) is 17.1 Å². The summed E-state index contributed by atoms with van der Waals surface area (Å²) in [5, 5.41) is 0.363. The summed E-state index contributed by atoms with van der Waals surface area (Å²) >= 11 is 6.31. The highest BCUT2D eigenvalue weighted by molar-refractivity contribution is 6.32. The number of nitrogens with zero attached hydrogens (tertiary/aromatic N) is 3. The zero-order valence-electron chi connectivity index (χ0n) is 20.8. The molecule has 1 N–H and O–H groups in total. The van der Waals surface area contributed by atoms with E-state index in [0.717, 1.165) is 21.6 Å². The third-order valence-electron chi connectivity index (χ3n) is 6.99. The lowest BCUT2D eigenvalue weighted by molar-refractivity contribution is -0.139. The lowest BCUT2D eigenvalue weighted by atomic mass is 9.92. The number of aromatic amines is 1. The topological polar surface area (TPSA) is 88.2 Å². The Morgan fingerprint density at radius 3 is 2.54 bits per heavy atom. The fraction of sp³-hybridized carbons (Fsp3) is 0.133. The summed E-state index contributed by atoms with van der Waals surface area (Å²) in [5.74, 6) is -0.750. The molecule has 3 heterocycles. The first kappa shape index (κ1) is 24.8. The van der Waals surface area contributed by atoms with Crippen LogP contribution in [-0.4, -0.2) is 31.9 Å². The highest BCUT2D eigenvalue weighted by atomic mass is 35.5. The van der Waals surface area contributed by atoms with Gasteiger partial charge in [-0.1, -0.05) is 60.1 Å². The van der Waals surface area contributed by atoms with Crippen LogP contribution < -0.4 is 0 Å². The third kappa shape index (κ3) is 4.32. The van der Waals surface area contributed by atoms with Crippen LogP contribution in [0.3, 0.4) is 0 Å². The van der Waals surface area contributed by atoms with E-state index in [9.17, 15) is 14.0 Å². The molecule has 1 fully saturated rings. The third-order valence-corrected chi connectivity index (χ3v) is 7.29. The highest BCUT2D eigenvalue weighted by Gasteiger charge is 2.58. The molecule has 2 aromatic heterocycles. The Morgan fingerprint density at radius 1 is 1.03 bits per heavy atom. The number of halogens is 2. The first-order chi connectivity index (χ1) is 18.9. The standard InChI is InChI=1S/C30H22ClFN4O3/c1-18(20-9-12-22(32)13-10-20)36-28(37)30(39-29(36)38,17-19-6-3-2-4-7-19)27-34-24-14-11-21(16-25(24)35-27)23-8-5-15-33-26(23)31/h2-16,18H,17H2,1H3,(H,34,35)/t18-,30-/m1/s1. The predicted molar refractivity (Wildman–Crippen MR) is 144 cm³/mol. The summed E-state index contributed by atoms with van der Waals surface area (Å²) in [6, 6.07) is 23.5. The first-order valence-corrected chi connectivity index (χ1v) is 12.7. The zero-order chi connectivity index (χ0) is 27.1. The van der Waals surface area contributed by atoms with Gasteiger partial charge in [0.25, 0.3) is 11.5 Å². The van der Waals surface area contributed by atoms with E-state index in [4.69, 9.17) is 21.3 Å². The second-order valence-electron chi connectivity index (χ2n) is 9.42. The minimum absolute atomic E-state index is 0.0756. The van der Waals surface area contributed by atoms with Crippen molar-refractivity contribution in [3.05, 3.63) is 119 Å². The molecule has 0 unspecified atom stereocenters. The maximum Gasteiger partial charge on any atom is 0.418 e. The van der Waals surface area contributed by atoms with Crippen LogP contribution in [0, 0.1) is 5.82 Å². The number of imidazole rings is 1. The van der Waals surface area contributed by atoms with Crippen molar-refractivity contribution in [2.24, 2.45) is 0 Å². The number of imide groups is 1. The summed E-state index contributed by atoms with van der Waals surface area (Å²) in [5.41, 5.74) is 2.46. The van der Waals surface area contributed by atoms with Gasteiger partial charge in [0.2, 0.25) is 0 Å². The number of hydrogen-bond acceptors (Lipinski definition) is 5. The zero-order valence-corrected chi connectivity index (χ0v) is 21.5. The molecule has 7 nitrogen and oxygen atoms in total. The van der Waals surface area contributed by atoms with Crippen molar-refractivity contribution < 1.29 is 18.7 Å². The smallest absolute Gasteiger partial charge is 0.418 e. The number of fused-ring (bicyclic) bond motifs is 1. The van der Waals surface area contributed by atoms with Gasteiger partial charge in [-0.3, -0.25) is 4.79 Å². The molecule has 1 saturated heterocycles. The van der Waals surface area contributed by atoms with Crippen molar-refractivity contribution in [1.82, 2.24) is 19.9 Å². The van der Waals surface area contributed by atoms with Crippen LogP contribution in [0.1, 0.15) is 29.9 Å². The molecule has 0 spiro atoms. The number of carbonyl (C=O) groups is 2. The molecule has 9 heteroatoms. The van der Waals surface area contributed by atoms with Crippen LogP contribution in [0.4, 0.5) is 9.18 Å². The molecule has 3 aromatic carbocycles. The monoisotopic (exact) mass is 540 g/mol. The SMILES string of the molecule is C[C@H](c1ccc(F)cc1)N1C(=O)O[C@](Cc2ccccc2)(c2nc3ccc(-c4cccnc4Cl)cc3[nH]2)C1=O. The Hall–Kier alpha value is -4.56. The van der Waals surface area contributed by atoms with Gasteiger partial charge in [-0.15, -0.1) is 0 Å². The van der Waals surface area contributed by atoms with Crippen LogP contribution in [0.15, 0.2) is 91.1 Å². The van der Waals surface area contributed by atoms with Crippen LogP contribution in [0.5, 0.6) is 0 Å². The molecule has 2 atom stereocenters. The van der Waals surface area contributed by atoms with E-state index in [1.165, 1.54) is 12.1 Å². The van der Waals surface area contributed by atoms with E-state index in [1.54, 1.807) is 31.3 Å². The van der Waals surface area contributed by atoms with Gasteiger partial charge in [0.15, 0.2) is 5.82 Å². The fourth-order valence-corrected chi connectivity index (χ4v) is 5.17. The molecule has 0 bridgehead atoms. The summed E-state index contributed by atoms with van der Waals surface area (Å²) in [4.78, 5) is 40.6. The summed E-state index contributed by atoms with van der Waals surface area (Å²) in [6.07, 6.45) is 0.896. The number of amides is 2. The van der Waals surface area contributed by atoms with Gasteiger partial charge in [-0.05, 0) is 60.0 Å². The van der Waals surface area contributed by atoms with Gasteiger partial charge >= 0.3 is 6.09 Å². The van der Waals surface area contributed by atoms with Gasteiger partial charge in [0.1, 0.15) is 11.0 Å². The summed E-state index contributed by atoms with van der Waals surface area (Å²) in [7, 11) is 0. The Kier molecular flexibility index (Phi) is 6.12. The Morgan fingerprint density at radius 2 is 1.79 bits per heavy atom. The molecular formula is C30H22ClFN4O3. The van der Waals surface area contributed by atoms with Gasteiger partial charge in [-0.25, -0.2) is 24.1 Å². The molecule has 194 valence electrons. The molecule has 6 rings (SSSR count). The van der Waals surface area contributed by atoms with Crippen molar-refractivity contribution in [3.8, 4) is 11.1 Å². The number of H-pyrrole nitrogens is 1. The first-order valence-electron chi connectivity index (χ1n) is 12.3. The number of nitrogens with one attached hydrogen (secondary N) is 1. The number of rotatable bonds is 6. The molecule has 1 aliphatic heterocycles. The minimum Gasteiger partial charge on any atom is -0.424 e. The van der Waals surface area contributed by atoms with Gasteiger partial charge < -0.3 is 9.72 Å². The average Bonchev–Trinajstić information content (AvgIpc) is 3.48. The molecule has 0 radical (unpaired) electrons. The number of cyclic esters (lactones) is 1. The van der Waals surface area contributed by atoms with Crippen LogP contribution in [0.25, 0.3) is 22.2 Å². The normalized spacial score (nSPS) is 18.0. The van der Waals surface area contributed by atoms with Gasteiger partial charge in [-0.2, -0.15) is 0 Å². The second kappa shape index (κ2) is 9.63. The number of ether oxygens (including phenoxy) is 1. The van der Waals surface area contributed by atoms with Crippen LogP contribution in [-0.2, 0) is 21.6 Å². The van der Waals surface area contributed by atoms with E-state index in [0.29, 0.717) is 21.7 Å². The molecule has 1 aliphatic rings. The van der Waals surface area contributed by atoms with Crippen molar-refractivity contribution in [2.75, 3.05) is 0 Å². The van der Waals surface area contributed by atoms with Gasteiger partial charge in [0, 0.05) is 18.2 Å². The lowest BCUT2D eigenvalue weighted by Gasteiger charge is -2.25. The molecule has 0 aliphatic carbocycles. The van der Waals surface area contributed by atoms with Crippen molar-refractivity contribution in [1.29, 1.82) is 0 Å². The number of hydrogen-bond donors (Lipinski definition) is 1. The predicted octanol–water partition coefficient (Wildman–Crippen LogP) is 6.60. The largest absolute Gasteiger partial charge is 0.424 e. The summed E-state index contributed by atoms with van der Waals surface area (Å²) in [6.45, 7) is 1.70. The molecular weight excluding hydrogens is 519 g/mol. The maximum absolute atomic E-state index is 14.2. The highest BCUT2D eigenvalue weighted by Crippen LogP contribution is 2.41. The van der Waals surface area contributed by atoms with E-state index in [2.05, 4.69) is 9.97 Å². The van der Waals surface area contributed by atoms with E-state index in [1.807, 2.05) is 54.6 Å². The molecule has 2 amide bonds. The van der Waals surface area contributed by atoms with Crippen molar-refractivity contribution in [2.45, 2.75) is 25.0 Å². The lowest BCUT2D eigenvalue weighted by Crippen LogP contribution is -2.42. The minimum atomic E-state index is -1.72. The fourth-order valence-electron chi connectivity index (χ4n) is 4.94. The van der Waals surface area contributed by atoms with Crippen LogP contribution in [0.2, 0.25) is 5.15 Å². The van der Waals surface area contributed by atoms with E-state index >= 15 is 0 Å². The van der Waals surface area contributed by atoms with Crippen molar-refractivity contribution >= 4 is 34.6 Å². The number of aromatic nitrogens is 3. The Balaban J connectivity index is 1.45. The quantitative estimate of drug-likeness (QED) is 0.245. The van der Waals surface area contributed by atoms with Crippen molar-refractivity contribution in [3.63, 3.8) is 0 Å². The maximum atomic E-state index is 14.2. The van der Waals surface area contributed by atoms with E-state index in [-0.39, 0.29) is 12.2 Å². The van der Waals surface area contributed by atoms with Crippen LogP contribution >= 0.6 is 11.6 Å². The number of benzene rings is 3. The van der Waals surface area contributed by atoms with E-state index < -0.39 is 29.5 Å². The Bertz CT molecular complexity index is 1710. The summed E-state index contributed by atoms with van der Waals surface area (Å²) < 4.78 is 19.5.